The minimum atomic E-state index is 0.0728. The Morgan fingerprint density at radius 1 is 1.50 bits per heavy atom. The maximum Gasteiger partial charge on any atom is 0.124 e. The van der Waals surface area contributed by atoms with Crippen LogP contribution in [0.15, 0.2) is 18.2 Å². The molecule has 0 aromatic heterocycles. The number of hydrogen-bond acceptors (Lipinski definition) is 2. The van der Waals surface area contributed by atoms with E-state index in [4.69, 9.17) is 22.7 Å². The van der Waals surface area contributed by atoms with Gasteiger partial charge in [0.1, 0.15) is 5.84 Å². The molecule has 3 nitrogen and oxygen atoms in total. The van der Waals surface area contributed by atoms with E-state index >= 15 is 0 Å². The molecule has 0 aliphatic heterocycles. The predicted molar refractivity (Wildman–Crippen MR) is 68.5 cm³/mol. The second-order valence-electron chi connectivity index (χ2n) is 4.27. The summed E-state index contributed by atoms with van der Waals surface area (Å²) in [5.74, 6) is 0.0728. The van der Waals surface area contributed by atoms with E-state index in [1.807, 2.05) is 12.1 Å². The van der Waals surface area contributed by atoms with E-state index in [9.17, 15) is 0 Å². The Bertz CT molecular complexity index is 413. The van der Waals surface area contributed by atoms with Gasteiger partial charge in [0.2, 0.25) is 0 Å². The van der Waals surface area contributed by atoms with Gasteiger partial charge in [-0.25, -0.2) is 0 Å². The highest BCUT2D eigenvalue weighted by atomic mass is 35.5. The minimum Gasteiger partial charge on any atom is -0.384 e. The molecule has 3 N–H and O–H groups in total. The Labute approximate surface area is 101 Å². The summed E-state index contributed by atoms with van der Waals surface area (Å²) in [4.78, 5) is 2.20. The lowest BCUT2D eigenvalue weighted by molar-refractivity contribution is 0.401. The fraction of sp³-hybridized carbons (Fsp3) is 0.417. The van der Waals surface area contributed by atoms with Crippen molar-refractivity contribution in [3.8, 4) is 0 Å². The Hall–Kier alpha value is -1.22. The Morgan fingerprint density at radius 2 is 2.19 bits per heavy atom. The third kappa shape index (κ3) is 2.00. The number of halogens is 1. The summed E-state index contributed by atoms with van der Waals surface area (Å²) in [6, 6.07) is 6.13. The van der Waals surface area contributed by atoms with Crippen molar-refractivity contribution >= 4 is 23.1 Å². The van der Waals surface area contributed by atoms with Gasteiger partial charge in [0, 0.05) is 29.4 Å². The molecular weight excluding hydrogens is 222 g/mol. The van der Waals surface area contributed by atoms with E-state index < -0.39 is 0 Å². The zero-order valence-corrected chi connectivity index (χ0v) is 10.1. The zero-order valence-electron chi connectivity index (χ0n) is 9.33. The van der Waals surface area contributed by atoms with Gasteiger partial charge >= 0.3 is 0 Å². The number of nitrogen functional groups attached to an aromatic ring is 1. The molecule has 1 aliphatic rings. The fourth-order valence-electron chi connectivity index (χ4n) is 2.00. The standard InChI is InChI=1S/C12H16ClN3/c1-16(9-3-2-4-9)11-6-5-8(13)7-10(11)12(14)15/h5-7,9H,2-4H2,1H3,(H3,14,15). The summed E-state index contributed by atoms with van der Waals surface area (Å²) in [6.45, 7) is 0. The first-order valence-electron chi connectivity index (χ1n) is 5.46. The van der Waals surface area contributed by atoms with Gasteiger partial charge in [0.15, 0.2) is 0 Å². The maximum atomic E-state index is 7.57. The van der Waals surface area contributed by atoms with E-state index in [1.54, 1.807) is 6.07 Å². The monoisotopic (exact) mass is 237 g/mol. The highest BCUT2D eigenvalue weighted by molar-refractivity contribution is 6.31. The highest BCUT2D eigenvalue weighted by Crippen LogP contribution is 2.31. The van der Waals surface area contributed by atoms with Crippen LogP contribution >= 0.6 is 11.6 Å². The van der Waals surface area contributed by atoms with Crippen LogP contribution in [0, 0.1) is 5.41 Å². The van der Waals surface area contributed by atoms with Crippen LogP contribution in [0.1, 0.15) is 24.8 Å². The molecule has 16 heavy (non-hydrogen) atoms. The van der Waals surface area contributed by atoms with Crippen molar-refractivity contribution in [2.24, 2.45) is 5.73 Å². The molecule has 0 unspecified atom stereocenters. The molecule has 4 heteroatoms. The second-order valence-corrected chi connectivity index (χ2v) is 4.71. The Balaban J connectivity index is 2.34. The average Bonchev–Trinajstić information content (AvgIpc) is 2.14. The minimum absolute atomic E-state index is 0.0728. The molecule has 1 saturated carbocycles. The number of amidine groups is 1. The van der Waals surface area contributed by atoms with Gasteiger partial charge in [-0.1, -0.05) is 11.6 Å². The van der Waals surface area contributed by atoms with Gasteiger partial charge in [-0.15, -0.1) is 0 Å². The first kappa shape index (κ1) is 11.3. The molecule has 2 rings (SSSR count). The molecule has 0 bridgehead atoms. The first-order chi connectivity index (χ1) is 7.59. The van der Waals surface area contributed by atoms with Crippen molar-refractivity contribution in [1.29, 1.82) is 5.41 Å². The number of benzene rings is 1. The maximum absolute atomic E-state index is 7.57. The molecule has 1 fully saturated rings. The third-order valence-corrected chi connectivity index (χ3v) is 3.49. The Morgan fingerprint density at radius 3 is 2.69 bits per heavy atom. The summed E-state index contributed by atoms with van der Waals surface area (Å²) in [6.07, 6.45) is 3.73. The van der Waals surface area contributed by atoms with E-state index in [-0.39, 0.29) is 5.84 Å². The predicted octanol–water partition coefficient (Wildman–Crippen LogP) is 2.61. The molecule has 1 aliphatic carbocycles. The third-order valence-electron chi connectivity index (χ3n) is 3.25. The number of rotatable bonds is 3. The van der Waals surface area contributed by atoms with Crippen LogP contribution in [0.3, 0.4) is 0 Å². The van der Waals surface area contributed by atoms with Gasteiger partial charge in [0.25, 0.3) is 0 Å². The molecule has 1 aromatic carbocycles. The van der Waals surface area contributed by atoms with Gasteiger partial charge in [-0.05, 0) is 37.5 Å². The van der Waals surface area contributed by atoms with Crippen LogP contribution < -0.4 is 10.6 Å². The van der Waals surface area contributed by atoms with E-state index in [0.717, 1.165) is 11.3 Å². The highest BCUT2D eigenvalue weighted by Gasteiger charge is 2.24. The largest absolute Gasteiger partial charge is 0.384 e. The summed E-state index contributed by atoms with van der Waals surface area (Å²) >= 11 is 5.92. The lowest BCUT2D eigenvalue weighted by Crippen LogP contribution is -2.38. The molecule has 0 atom stereocenters. The number of nitrogens with one attached hydrogen (secondary N) is 1. The summed E-state index contributed by atoms with van der Waals surface area (Å²) in [7, 11) is 2.06. The SMILES string of the molecule is CN(c1ccc(Cl)cc1C(=N)N)C1CCC1. The molecule has 1 aromatic rings. The normalized spacial score (nSPS) is 15.6. The molecule has 0 spiro atoms. The van der Waals surface area contributed by atoms with Crippen LogP contribution in [0.25, 0.3) is 0 Å². The smallest absolute Gasteiger partial charge is 0.124 e. The summed E-state index contributed by atoms with van der Waals surface area (Å²) in [5, 5.41) is 8.20. The lowest BCUT2D eigenvalue weighted by Gasteiger charge is -2.37. The number of nitrogens with zero attached hydrogens (tertiary/aromatic N) is 1. The van der Waals surface area contributed by atoms with Gasteiger partial charge in [0.05, 0.1) is 0 Å². The second kappa shape index (κ2) is 4.34. The van der Waals surface area contributed by atoms with E-state index in [2.05, 4.69) is 11.9 Å². The van der Waals surface area contributed by atoms with Crippen molar-refractivity contribution in [2.45, 2.75) is 25.3 Å². The molecule has 0 heterocycles. The van der Waals surface area contributed by atoms with Crippen molar-refractivity contribution in [2.75, 3.05) is 11.9 Å². The van der Waals surface area contributed by atoms with Crippen LogP contribution in [-0.4, -0.2) is 18.9 Å². The average molecular weight is 238 g/mol. The van der Waals surface area contributed by atoms with Crippen LogP contribution in [-0.2, 0) is 0 Å². The Kier molecular flexibility index (Phi) is 3.06. The first-order valence-corrected chi connectivity index (χ1v) is 5.84. The van der Waals surface area contributed by atoms with E-state index in [0.29, 0.717) is 11.1 Å². The fourth-order valence-corrected chi connectivity index (χ4v) is 2.17. The van der Waals surface area contributed by atoms with Crippen molar-refractivity contribution < 1.29 is 0 Å². The molecule has 86 valence electrons. The number of hydrogen-bond donors (Lipinski definition) is 2. The van der Waals surface area contributed by atoms with Gasteiger partial charge in [-0.3, -0.25) is 5.41 Å². The quantitative estimate of drug-likeness (QED) is 0.627. The van der Waals surface area contributed by atoms with Crippen molar-refractivity contribution in [3.05, 3.63) is 28.8 Å². The van der Waals surface area contributed by atoms with E-state index in [1.165, 1.54) is 19.3 Å². The molecular formula is C12H16ClN3. The molecule has 0 amide bonds. The summed E-state index contributed by atoms with van der Waals surface area (Å²) in [5.41, 5.74) is 7.30. The zero-order chi connectivity index (χ0) is 11.7. The molecule has 0 radical (unpaired) electrons. The van der Waals surface area contributed by atoms with Crippen molar-refractivity contribution in [3.63, 3.8) is 0 Å². The van der Waals surface area contributed by atoms with Gasteiger partial charge < -0.3 is 10.6 Å². The van der Waals surface area contributed by atoms with Crippen LogP contribution in [0.5, 0.6) is 0 Å². The van der Waals surface area contributed by atoms with Crippen molar-refractivity contribution in [1.82, 2.24) is 0 Å². The van der Waals surface area contributed by atoms with Crippen LogP contribution in [0.4, 0.5) is 5.69 Å². The van der Waals surface area contributed by atoms with Crippen LogP contribution in [0.2, 0.25) is 5.02 Å². The molecule has 0 saturated heterocycles. The lowest BCUT2D eigenvalue weighted by atomic mass is 9.91. The van der Waals surface area contributed by atoms with Gasteiger partial charge in [-0.2, -0.15) is 0 Å². The number of nitrogens with two attached hydrogens (primary N) is 1. The topological polar surface area (TPSA) is 53.1 Å². The number of anilines is 1. The summed E-state index contributed by atoms with van der Waals surface area (Å²) < 4.78 is 0.